The van der Waals surface area contributed by atoms with Gasteiger partial charge in [-0.3, -0.25) is 4.79 Å². The van der Waals surface area contributed by atoms with E-state index in [4.69, 9.17) is 4.74 Å². The average molecular weight is 276 g/mol. The van der Waals surface area contributed by atoms with Gasteiger partial charge < -0.3 is 15.0 Å². The fourth-order valence-corrected chi connectivity index (χ4v) is 2.42. The van der Waals surface area contributed by atoms with Gasteiger partial charge in [0.2, 0.25) is 0 Å². The van der Waals surface area contributed by atoms with Gasteiger partial charge in [-0.2, -0.15) is 0 Å². The smallest absolute Gasteiger partial charge is 0.254 e. The summed E-state index contributed by atoms with van der Waals surface area (Å²) in [6.45, 7) is 8.21. The van der Waals surface area contributed by atoms with Gasteiger partial charge in [0.15, 0.2) is 0 Å². The van der Waals surface area contributed by atoms with Crippen molar-refractivity contribution < 1.29 is 9.53 Å². The van der Waals surface area contributed by atoms with E-state index in [0.29, 0.717) is 6.61 Å². The topological polar surface area (TPSA) is 41.6 Å². The molecule has 0 aromatic heterocycles. The van der Waals surface area contributed by atoms with Crippen molar-refractivity contribution in [1.82, 2.24) is 10.2 Å². The zero-order chi connectivity index (χ0) is 14.4. The van der Waals surface area contributed by atoms with Crippen molar-refractivity contribution in [3.05, 3.63) is 29.3 Å². The second kappa shape index (κ2) is 7.29. The summed E-state index contributed by atoms with van der Waals surface area (Å²) in [6.07, 6.45) is 1.83. The van der Waals surface area contributed by atoms with Gasteiger partial charge in [0.05, 0.1) is 6.61 Å². The molecule has 1 aliphatic rings. The second-order valence-corrected chi connectivity index (χ2v) is 5.06. The highest BCUT2D eigenvalue weighted by Crippen LogP contribution is 2.20. The highest BCUT2D eigenvalue weighted by Gasteiger charge is 2.20. The molecule has 0 saturated carbocycles. The first-order valence-corrected chi connectivity index (χ1v) is 7.52. The Bertz CT molecular complexity index is 454. The number of benzene rings is 1. The van der Waals surface area contributed by atoms with Crippen molar-refractivity contribution in [3.8, 4) is 5.75 Å². The number of piperazine rings is 1. The largest absolute Gasteiger partial charge is 0.494 e. The van der Waals surface area contributed by atoms with Gasteiger partial charge in [-0.25, -0.2) is 0 Å². The Balaban J connectivity index is 2.15. The van der Waals surface area contributed by atoms with Crippen LogP contribution in [0.1, 0.15) is 36.2 Å². The number of amides is 1. The van der Waals surface area contributed by atoms with Crippen molar-refractivity contribution in [2.24, 2.45) is 0 Å². The summed E-state index contributed by atoms with van der Waals surface area (Å²) in [5.41, 5.74) is 1.89. The van der Waals surface area contributed by atoms with Gasteiger partial charge in [-0.15, -0.1) is 0 Å². The monoisotopic (exact) mass is 276 g/mol. The van der Waals surface area contributed by atoms with Crippen molar-refractivity contribution in [2.75, 3.05) is 32.8 Å². The molecule has 1 saturated heterocycles. The number of carbonyl (C=O) groups excluding carboxylic acids is 1. The molecular formula is C16H24N2O2. The lowest BCUT2D eigenvalue weighted by Gasteiger charge is -2.28. The second-order valence-electron chi connectivity index (χ2n) is 5.06. The summed E-state index contributed by atoms with van der Waals surface area (Å²) < 4.78 is 5.64. The molecule has 1 N–H and O–H groups in total. The first-order valence-electron chi connectivity index (χ1n) is 7.52. The maximum atomic E-state index is 12.6. The summed E-state index contributed by atoms with van der Waals surface area (Å²) in [5, 5.41) is 3.27. The Hall–Kier alpha value is -1.55. The summed E-state index contributed by atoms with van der Waals surface area (Å²) in [7, 11) is 0. The van der Waals surface area contributed by atoms with Gasteiger partial charge in [0, 0.05) is 31.7 Å². The number of ether oxygens (including phenoxy) is 1. The zero-order valence-corrected chi connectivity index (χ0v) is 12.4. The molecule has 0 aliphatic carbocycles. The number of nitrogens with one attached hydrogen (secondary N) is 1. The fraction of sp³-hybridized carbons (Fsp3) is 0.562. The van der Waals surface area contributed by atoms with E-state index in [0.717, 1.165) is 55.9 Å². The molecule has 0 spiro atoms. The molecule has 1 aliphatic heterocycles. The van der Waals surface area contributed by atoms with E-state index in [9.17, 15) is 4.79 Å². The van der Waals surface area contributed by atoms with Crippen molar-refractivity contribution in [2.45, 2.75) is 26.7 Å². The maximum absolute atomic E-state index is 12.6. The highest BCUT2D eigenvalue weighted by molar-refractivity contribution is 5.96. The minimum absolute atomic E-state index is 0.144. The quantitative estimate of drug-likeness (QED) is 0.895. The minimum Gasteiger partial charge on any atom is -0.494 e. The first kappa shape index (κ1) is 14.9. The molecule has 1 aromatic carbocycles. The summed E-state index contributed by atoms with van der Waals surface area (Å²) in [4.78, 5) is 14.5. The predicted molar refractivity (Wildman–Crippen MR) is 80.4 cm³/mol. The van der Waals surface area contributed by atoms with Crippen LogP contribution in [-0.4, -0.2) is 43.6 Å². The lowest BCUT2D eigenvalue weighted by atomic mass is 10.0. The molecule has 1 aromatic rings. The van der Waals surface area contributed by atoms with Crippen LogP contribution in [-0.2, 0) is 6.42 Å². The van der Waals surface area contributed by atoms with E-state index in [1.54, 1.807) is 0 Å². The van der Waals surface area contributed by atoms with E-state index in [1.807, 2.05) is 23.1 Å². The average Bonchev–Trinajstić information content (AvgIpc) is 2.52. The lowest BCUT2D eigenvalue weighted by molar-refractivity contribution is 0.0734. The molecule has 0 bridgehead atoms. The molecule has 0 unspecified atom stereocenters. The molecule has 0 atom stereocenters. The normalized spacial score (nSPS) is 15.2. The highest BCUT2D eigenvalue weighted by atomic mass is 16.5. The van der Waals surface area contributed by atoms with E-state index >= 15 is 0 Å². The van der Waals surface area contributed by atoms with Crippen LogP contribution in [0.25, 0.3) is 0 Å². The van der Waals surface area contributed by atoms with Gasteiger partial charge in [0.1, 0.15) is 5.75 Å². The van der Waals surface area contributed by atoms with Crippen molar-refractivity contribution in [1.29, 1.82) is 0 Å². The van der Waals surface area contributed by atoms with E-state index in [1.165, 1.54) is 0 Å². The Morgan fingerprint density at radius 2 is 2.05 bits per heavy atom. The fourth-order valence-electron chi connectivity index (χ4n) is 2.42. The maximum Gasteiger partial charge on any atom is 0.254 e. The van der Waals surface area contributed by atoms with Gasteiger partial charge >= 0.3 is 0 Å². The molecule has 2 rings (SSSR count). The Morgan fingerprint density at radius 1 is 1.30 bits per heavy atom. The summed E-state index contributed by atoms with van der Waals surface area (Å²) in [6, 6.07) is 5.82. The molecule has 4 nitrogen and oxygen atoms in total. The third-order valence-corrected chi connectivity index (χ3v) is 3.57. The van der Waals surface area contributed by atoms with Gasteiger partial charge in [-0.1, -0.05) is 13.8 Å². The third kappa shape index (κ3) is 3.51. The summed E-state index contributed by atoms with van der Waals surface area (Å²) >= 11 is 0. The molecule has 4 heteroatoms. The minimum atomic E-state index is 0.144. The van der Waals surface area contributed by atoms with Crippen LogP contribution in [0.15, 0.2) is 18.2 Å². The SMILES string of the molecule is CCCOc1ccc(C(=O)N2CCNCC2)c(CC)c1. The standard InChI is InChI=1S/C16H24N2O2/c1-3-11-20-14-5-6-15(13(4-2)12-14)16(19)18-9-7-17-8-10-18/h5-6,12,17H,3-4,7-11H2,1-2H3. The van der Waals surface area contributed by atoms with E-state index in [2.05, 4.69) is 19.2 Å². The van der Waals surface area contributed by atoms with Gasteiger partial charge in [0.25, 0.3) is 5.91 Å². The molecule has 1 amide bonds. The predicted octanol–water partition coefficient (Wildman–Crippen LogP) is 2.08. The number of aryl methyl sites for hydroxylation is 1. The Kier molecular flexibility index (Phi) is 5.41. The molecule has 1 heterocycles. The molecule has 1 fully saturated rings. The van der Waals surface area contributed by atoms with Crippen LogP contribution in [0.4, 0.5) is 0 Å². The van der Waals surface area contributed by atoms with Crippen LogP contribution in [0.3, 0.4) is 0 Å². The molecule has 20 heavy (non-hydrogen) atoms. The van der Waals surface area contributed by atoms with Crippen LogP contribution in [0.5, 0.6) is 5.75 Å². The van der Waals surface area contributed by atoms with Gasteiger partial charge in [-0.05, 0) is 36.6 Å². The molecule has 110 valence electrons. The number of hydrogen-bond donors (Lipinski definition) is 1. The number of nitrogens with zero attached hydrogens (tertiary/aromatic N) is 1. The van der Waals surface area contributed by atoms with E-state index < -0.39 is 0 Å². The van der Waals surface area contributed by atoms with Crippen molar-refractivity contribution in [3.63, 3.8) is 0 Å². The molecular weight excluding hydrogens is 252 g/mol. The van der Waals surface area contributed by atoms with Crippen LogP contribution < -0.4 is 10.1 Å². The third-order valence-electron chi connectivity index (χ3n) is 3.57. The molecule has 0 radical (unpaired) electrons. The number of rotatable bonds is 5. The first-order chi connectivity index (χ1) is 9.76. The number of carbonyl (C=O) groups is 1. The summed E-state index contributed by atoms with van der Waals surface area (Å²) in [5.74, 6) is 1.01. The Labute approximate surface area is 121 Å². The number of hydrogen-bond acceptors (Lipinski definition) is 3. The lowest BCUT2D eigenvalue weighted by Crippen LogP contribution is -2.46. The van der Waals surface area contributed by atoms with Crippen LogP contribution in [0.2, 0.25) is 0 Å². The van der Waals surface area contributed by atoms with E-state index in [-0.39, 0.29) is 5.91 Å². The Morgan fingerprint density at radius 3 is 2.70 bits per heavy atom. The van der Waals surface area contributed by atoms with Crippen molar-refractivity contribution >= 4 is 5.91 Å². The van der Waals surface area contributed by atoms with Crippen LogP contribution in [0, 0.1) is 0 Å². The van der Waals surface area contributed by atoms with Crippen LogP contribution >= 0.6 is 0 Å². The zero-order valence-electron chi connectivity index (χ0n) is 12.4.